The molecule has 2 rings (SSSR count). The monoisotopic (exact) mass is 331 g/mol. The summed E-state index contributed by atoms with van der Waals surface area (Å²) in [6, 6.07) is 5.58. The van der Waals surface area contributed by atoms with E-state index in [0.717, 1.165) is 23.2 Å². The van der Waals surface area contributed by atoms with E-state index < -0.39 is 10.8 Å². The van der Waals surface area contributed by atoms with Crippen molar-refractivity contribution in [3.05, 3.63) is 28.2 Å². The van der Waals surface area contributed by atoms with Crippen molar-refractivity contribution < 1.29 is 9.42 Å². The summed E-state index contributed by atoms with van der Waals surface area (Å²) in [6.07, 6.45) is 0. The van der Waals surface area contributed by atoms with Crippen molar-refractivity contribution in [2.75, 3.05) is 29.5 Å². The van der Waals surface area contributed by atoms with E-state index in [2.05, 4.69) is 26.0 Å². The van der Waals surface area contributed by atoms with Crippen LogP contribution < -0.4 is 10.6 Å². The summed E-state index contributed by atoms with van der Waals surface area (Å²) < 4.78 is 12.3. The van der Waals surface area contributed by atoms with Gasteiger partial charge in [-0.1, -0.05) is 21.1 Å². The third-order valence-corrected chi connectivity index (χ3v) is 4.63. The van der Waals surface area contributed by atoms with Crippen molar-refractivity contribution in [1.29, 1.82) is 0 Å². The van der Waals surface area contributed by atoms with Crippen molar-refractivity contribution >= 4 is 38.3 Å². The van der Waals surface area contributed by atoms with Crippen LogP contribution in [-0.4, -0.2) is 39.8 Å². The van der Waals surface area contributed by atoms with Crippen LogP contribution in [0.2, 0.25) is 0 Å². The fraction of sp³-hybridized carbons (Fsp3) is 0.364. The highest BCUT2D eigenvalue weighted by Crippen LogP contribution is 2.26. The van der Waals surface area contributed by atoms with Gasteiger partial charge in [0.2, 0.25) is 0 Å². The van der Waals surface area contributed by atoms with Gasteiger partial charge in [-0.3, -0.25) is 4.21 Å². The quantitative estimate of drug-likeness (QED) is 0.368. The molecule has 1 aromatic rings. The highest BCUT2D eigenvalue weighted by Gasteiger charge is 2.19. The first kappa shape index (κ1) is 13.4. The minimum atomic E-state index is -0.723. The Morgan fingerprint density at radius 1 is 1.44 bits per heavy atom. The minimum Gasteiger partial charge on any atom is -0.409 e. The number of hydrogen-bond donors (Lipinski definition) is 2. The molecule has 0 radical (unpaired) electrons. The Hall–Kier alpha value is -1.08. The molecule has 3 N–H and O–H groups in total. The molecular formula is C11H14BrN3O2S. The SMILES string of the molecule is N/C(=N/O)c1ccc(Br)cc1N1CCS(=O)CC1. The van der Waals surface area contributed by atoms with Crippen LogP contribution in [0.3, 0.4) is 0 Å². The molecule has 0 spiro atoms. The largest absolute Gasteiger partial charge is 0.409 e. The number of hydrogen-bond acceptors (Lipinski definition) is 4. The Bertz CT molecular complexity index is 497. The van der Waals surface area contributed by atoms with Gasteiger partial charge in [-0.15, -0.1) is 0 Å². The van der Waals surface area contributed by atoms with Gasteiger partial charge in [0.1, 0.15) is 0 Å². The van der Waals surface area contributed by atoms with E-state index >= 15 is 0 Å². The van der Waals surface area contributed by atoms with Gasteiger partial charge in [0.15, 0.2) is 5.84 Å². The predicted octanol–water partition coefficient (Wildman–Crippen LogP) is 1.11. The zero-order chi connectivity index (χ0) is 13.1. The highest BCUT2D eigenvalue weighted by atomic mass is 79.9. The molecule has 98 valence electrons. The maximum Gasteiger partial charge on any atom is 0.172 e. The zero-order valence-corrected chi connectivity index (χ0v) is 12.1. The molecular weight excluding hydrogens is 318 g/mol. The number of oxime groups is 1. The van der Waals surface area contributed by atoms with Crippen molar-refractivity contribution in [3.63, 3.8) is 0 Å². The first-order valence-corrected chi connectivity index (χ1v) is 7.77. The average Bonchev–Trinajstić information content (AvgIpc) is 2.38. The number of halogens is 1. The topological polar surface area (TPSA) is 78.9 Å². The molecule has 0 saturated carbocycles. The third kappa shape index (κ3) is 2.84. The van der Waals surface area contributed by atoms with Crippen LogP contribution in [0.1, 0.15) is 5.56 Å². The lowest BCUT2D eigenvalue weighted by Crippen LogP contribution is -2.38. The smallest absolute Gasteiger partial charge is 0.172 e. The maximum atomic E-state index is 11.4. The van der Waals surface area contributed by atoms with Crippen molar-refractivity contribution in [3.8, 4) is 0 Å². The fourth-order valence-corrected chi connectivity index (χ4v) is 3.32. The summed E-state index contributed by atoms with van der Waals surface area (Å²) in [6.45, 7) is 1.43. The van der Waals surface area contributed by atoms with Crippen molar-refractivity contribution in [2.45, 2.75) is 0 Å². The van der Waals surface area contributed by atoms with E-state index in [9.17, 15) is 4.21 Å². The number of anilines is 1. The first-order valence-electron chi connectivity index (χ1n) is 5.49. The van der Waals surface area contributed by atoms with Crippen LogP contribution >= 0.6 is 15.9 Å². The van der Waals surface area contributed by atoms with Crippen LogP contribution in [0.25, 0.3) is 0 Å². The molecule has 1 aromatic carbocycles. The van der Waals surface area contributed by atoms with E-state index in [1.54, 1.807) is 6.07 Å². The molecule has 0 unspecified atom stereocenters. The number of benzene rings is 1. The predicted molar refractivity (Wildman–Crippen MR) is 76.7 cm³/mol. The Morgan fingerprint density at radius 3 is 2.72 bits per heavy atom. The molecule has 1 saturated heterocycles. The Morgan fingerprint density at radius 2 is 2.11 bits per heavy atom. The molecule has 5 nitrogen and oxygen atoms in total. The van der Waals surface area contributed by atoms with E-state index in [4.69, 9.17) is 10.9 Å². The van der Waals surface area contributed by atoms with Gasteiger partial charge in [0, 0.05) is 51.1 Å². The van der Waals surface area contributed by atoms with Crippen molar-refractivity contribution in [1.82, 2.24) is 0 Å². The molecule has 18 heavy (non-hydrogen) atoms. The Balaban J connectivity index is 2.36. The Kier molecular flexibility index (Phi) is 4.23. The molecule has 0 amide bonds. The molecule has 1 aliphatic heterocycles. The average molecular weight is 332 g/mol. The van der Waals surface area contributed by atoms with Crippen LogP contribution in [-0.2, 0) is 10.8 Å². The van der Waals surface area contributed by atoms with Gasteiger partial charge in [-0.2, -0.15) is 0 Å². The zero-order valence-electron chi connectivity index (χ0n) is 9.67. The Labute approximate surface area is 116 Å². The maximum absolute atomic E-state index is 11.4. The normalized spacial score (nSPS) is 18.1. The van der Waals surface area contributed by atoms with Crippen LogP contribution in [0, 0.1) is 0 Å². The molecule has 0 aliphatic carbocycles. The summed E-state index contributed by atoms with van der Waals surface area (Å²) >= 11 is 3.42. The second-order valence-electron chi connectivity index (χ2n) is 3.98. The lowest BCUT2D eigenvalue weighted by atomic mass is 10.1. The summed E-state index contributed by atoms with van der Waals surface area (Å²) in [5.41, 5.74) is 7.26. The molecule has 1 aliphatic rings. The summed E-state index contributed by atoms with van der Waals surface area (Å²) in [5.74, 6) is 1.40. The van der Waals surface area contributed by atoms with Gasteiger partial charge in [0.25, 0.3) is 0 Å². The number of nitrogens with two attached hydrogens (primary N) is 1. The van der Waals surface area contributed by atoms with E-state index in [0.29, 0.717) is 17.1 Å². The number of nitrogens with zero attached hydrogens (tertiary/aromatic N) is 2. The van der Waals surface area contributed by atoms with Gasteiger partial charge < -0.3 is 15.8 Å². The van der Waals surface area contributed by atoms with Gasteiger partial charge in [0.05, 0.1) is 0 Å². The van der Waals surface area contributed by atoms with Crippen LogP contribution in [0.5, 0.6) is 0 Å². The number of rotatable bonds is 2. The lowest BCUT2D eigenvalue weighted by molar-refractivity contribution is 0.318. The summed E-state index contributed by atoms with van der Waals surface area (Å²) in [7, 11) is -0.723. The summed E-state index contributed by atoms with van der Waals surface area (Å²) in [4.78, 5) is 2.11. The fourth-order valence-electron chi connectivity index (χ4n) is 1.92. The van der Waals surface area contributed by atoms with Gasteiger partial charge in [-0.25, -0.2) is 0 Å². The minimum absolute atomic E-state index is 0.0872. The molecule has 7 heteroatoms. The standard InChI is InChI=1S/C11H14BrN3O2S/c12-8-1-2-9(11(13)14-16)10(7-8)15-3-5-18(17)6-4-15/h1-2,7,16H,3-6H2,(H2,13,14). The van der Waals surface area contributed by atoms with Crippen LogP contribution in [0.4, 0.5) is 5.69 Å². The van der Waals surface area contributed by atoms with Gasteiger partial charge >= 0.3 is 0 Å². The lowest BCUT2D eigenvalue weighted by Gasteiger charge is -2.30. The molecule has 0 atom stereocenters. The van der Waals surface area contributed by atoms with E-state index in [-0.39, 0.29) is 5.84 Å². The summed E-state index contributed by atoms with van der Waals surface area (Å²) in [5, 5.41) is 11.9. The number of amidine groups is 1. The van der Waals surface area contributed by atoms with E-state index in [1.807, 2.05) is 12.1 Å². The molecule has 0 aromatic heterocycles. The molecule has 0 bridgehead atoms. The first-order chi connectivity index (χ1) is 8.61. The molecule has 1 heterocycles. The second kappa shape index (κ2) is 5.71. The van der Waals surface area contributed by atoms with Crippen LogP contribution in [0.15, 0.2) is 27.8 Å². The molecule has 1 fully saturated rings. The highest BCUT2D eigenvalue weighted by molar-refractivity contribution is 9.10. The third-order valence-electron chi connectivity index (χ3n) is 2.86. The van der Waals surface area contributed by atoms with Gasteiger partial charge in [-0.05, 0) is 18.2 Å². The second-order valence-corrected chi connectivity index (χ2v) is 6.59. The van der Waals surface area contributed by atoms with E-state index in [1.165, 1.54) is 0 Å². The van der Waals surface area contributed by atoms with Crippen molar-refractivity contribution in [2.24, 2.45) is 10.9 Å².